The van der Waals surface area contributed by atoms with Crippen LogP contribution in [-0.2, 0) is 6.54 Å². The molecule has 1 aromatic carbocycles. The minimum atomic E-state index is 0.275. The molecular weight excluding hydrogens is 344 g/mol. The molecule has 150 valence electrons. The van der Waals surface area contributed by atoms with Gasteiger partial charge in [-0.05, 0) is 82.5 Å². The maximum atomic E-state index is 4.85. The fraction of sp³-hybridized carbons (Fsp3) is 0.667. The summed E-state index contributed by atoms with van der Waals surface area (Å²) in [4.78, 5) is 1.87. The van der Waals surface area contributed by atoms with Crippen LogP contribution in [0, 0.1) is 23.2 Å². The Labute approximate surface area is 169 Å². The molecule has 0 saturated heterocycles. The average molecular weight is 379 g/mol. The minimum Gasteiger partial charge on any atom is -0.308 e. The molecule has 1 aromatic heterocycles. The Kier molecular flexibility index (Phi) is 4.58. The zero-order valence-electron chi connectivity index (χ0n) is 17.6. The lowest BCUT2D eigenvalue weighted by Crippen LogP contribution is -2.54. The first-order chi connectivity index (χ1) is 13.5. The van der Waals surface area contributed by atoms with Crippen molar-refractivity contribution in [1.29, 1.82) is 0 Å². The highest BCUT2D eigenvalue weighted by molar-refractivity contribution is 5.60. The number of hydrogen-bond acceptors (Lipinski definition) is 3. The van der Waals surface area contributed by atoms with Crippen molar-refractivity contribution in [2.24, 2.45) is 23.2 Å². The molecule has 4 nitrogen and oxygen atoms in total. The SMILES string of the molecule is CC(C)n1nc(CN[C@H](C)C23CC4CC(CC(C4)C2)C3)c(-c2ccccc2)n1. The Balaban J connectivity index is 1.35. The molecule has 0 radical (unpaired) electrons. The molecule has 4 saturated carbocycles. The molecule has 4 fully saturated rings. The molecule has 28 heavy (non-hydrogen) atoms. The van der Waals surface area contributed by atoms with Crippen molar-refractivity contribution in [3.05, 3.63) is 36.0 Å². The van der Waals surface area contributed by atoms with Gasteiger partial charge in [-0.1, -0.05) is 30.3 Å². The van der Waals surface area contributed by atoms with Crippen LogP contribution in [0.1, 0.15) is 71.0 Å². The maximum absolute atomic E-state index is 4.85. The minimum absolute atomic E-state index is 0.275. The molecule has 4 aliphatic carbocycles. The molecule has 4 bridgehead atoms. The zero-order chi connectivity index (χ0) is 19.3. The lowest BCUT2D eigenvalue weighted by molar-refractivity contribution is -0.0707. The number of rotatable bonds is 6. The van der Waals surface area contributed by atoms with E-state index < -0.39 is 0 Å². The van der Waals surface area contributed by atoms with Gasteiger partial charge < -0.3 is 5.32 Å². The van der Waals surface area contributed by atoms with Gasteiger partial charge in [-0.15, -0.1) is 0 Å². The van der Waals surface area contributed by atoms with Crippen LogP contribution in [0.4, 0.5) is 0 Å². The van der Waals surface area contributed by atoms with Crippen LogP contribution in [0.5, 0.6) is 0 Å². The van der Waals surface area contributed by atoms with Crippen LogP contribution >= 0.6 is 0 Å². The summed E-state index contributed by atoms with van der Waals surface area (Å²) in [6, 6.07) is 11.3. The summed E-state index contributed by atoms with van der Waals surface area (Å²) >= 11 is 0. The van der Waals surface area contributed by atoms with Gasteiger partial charge in [0.15, 0.2) is 0 Å². The lowest BCUT2D eigenvalue weighted by atomic mass is 9.48. The number of nitrogens with zero attached hydrogens (tertiary/aromatic N) is 3. The monoisotopic (exact) mass is 378 g/mol. The van der Waals surface area contributed by atoms with Crippen LogP contribution in [0.15, 0.2) is 30.3 Å². The summed E-state index contributed by atoms with van der Waals surface area (Å²) in [7, 11) is 0. The molecule has 0 amide bonds. The fourth-order valence-electron chi connectivity index (χ4n) is 6.70. The van der Waals surface area contributed by atoms with Crippen molar-refractivity contribution in [2.75, 3.05) is 0 Å². The third-order valence-corrected chi connectivity index (χ3v) is 7.79. The third kappa shape index (κ3) is 3.20. The summed E-state index contributed by atoms with van der Waals surface area (Å²) in [6.45, 7) is 7.52. The van der Waals surface area contributed by atoms with E-state index in [-0.39, 0.29) is 6.04 Å². The van der Waals surface area contributed by atoms with E-state index in [9.17, 15) is 0 Å². The molecule has 4 heteroatoms. The third-order valence-electron chi connectivity index (χ3n) is 7.79. The van der Waals surface area contributed by atoms with Crippen LogP contribution in [0.25, 0.3) is 11.3 Å². The molecule has 1 N–H and O–H groups in total. The van der Waals surface area contributed by atoms with Gasteiger partial charge in [0.2, 0.25) is 0 Å². The Morgan fingerprint density at radius 1 is 0.964 bits per heavy atom. The molecule has 0 spiro atoms. The fourth-order valence-corrected chi connectivity index (χ4v) is 6.70. The van der Waals surface area contributed by atoms with E-state index in [1.165, 1.54) is 38.5 Å². The van der Waals surface area contributed by atoms with Crippen LogP contribution in [0.2, 0.25) is 0 Å². The highest BCUT2D eigenvalue weighted by atomic mass is 15.5. The van der Waals surface area contributed by atoms with Gasteiger partial charge in [-0.2, -0.15) is 15.0 Å². The molecular formula is C24H34N4. The Bertz CT molecular complexity index is 787. The Hall–Kier alpha value is -1.68. The van der Waals surface area contributed by atoms with E-state index in [0.717, 1.165) is 41.2 Å². The van der Waals surface area contributed by atoms with Gasteiger partial charge in [0, 0.05) is 18.2 Å². The molecule has 4 aliphatic rings. The van der Waals surface area contributed by atoms with E-state index >= 15 is 0 Å². The highest BCUT2D eigenvalue weighted by Gasteiger charge is 2.52. The number of aromatic nitrogens is 3. The van der Waals surface area contributed by atoms with Gasteiger partial charge in [0.1, 0.15) is 11.4 Å². The van der Waals surface area contributed by atoms with Crippen LogP contribution in [0.3, 0.4) is 0 Å². The summed E-state index contributed by atoms with van der Waals surface area (Å²) in [5.74, 6) is 2.99. The summed E-state index contributed by atoms with van der Waals surface area (Å²) in [6.07, 6.45) is 8.85. The van der Waals surface area contributed by atoms with E-state index in [1.54, 1.807) is 0 Å². The molecule has 6 rings (SSSR count). The van der Waals surface area contributed by atoms with E-state index in [0.29, 0.717) is 11.5 Å². The van der Waals surface area contributed by atoms with E-state index in [1.807, 2.05) is 4.80 Å². The largest absolute Gasteiger partial charge is 0.308 e. The average Bonchev–Trinajstić information content (AvgIpc) is 3.10. The van der Waals surface area contributed by atoms with Gasteiger partial charge in [-0.3, -0.25) is 0 Å². The normalized spacial score (nSPS) is 32.2. The van der Waals surface area contributed by atoms with Crippen LogP contribution in [-0.4, -0.2) is 21.0 Å². The van der Waals surface area contributed by atoms with Gasteiger partial charge in [0.05, 0.1) is 6.04 Å². The predicted molar refractivity (Wildman–Crippen MR) is 113 cm³/mol. The van der Waals surface area contributed by atoms with Crippen molar-refractivity contribution >= 4 is 0 Å². The van der Waals surface area contributed by atoms with Crippen molar-refractivity contribution < 1.29 is 0 Å². The van der Waals surface area contributed by atoms with Crippen molar-refractivity contribution in [3.8, 4) is 11.3 Å². The van der Waals surface area contributed by atoms with E-state index in [4.69, 9.17) is 10.2 Å². The zero-order valence-corrected chi connectivity index (χ0v) is 17.6. The molecule has 0 aliphatic heterocycles. The molecule has 0 unspecified atom stereocenters. The molecule has 1 atom stereocenters. The first kappa shape index (κ1) is 18.4. The summed E-state index contributed by atoms with van der Waals surface area (Å²) in [5.41, 5.74) is 3.79. The summed E-state index contributed by atoms with van der Waals surface area (Å²) in [5, 5.41) is 13.6. The maximum Gasteiger partial charge on any atom is 0.117 e. The second-order valence-electron chi connectivity index (χ2n) is 10.2. The topological polar surface area (TPSA) is 42.7 Å². The second kappa shape index (κ2) is 6.98. The van der Waals surface area contributed by atoms with Gasteiger partial charge in [-0.25, -0.2) is 0 Å². The van der Waals surface area contributed by atoms with Crippen molar-refractivity contribution in [1.82, 2.24) is 20.3 Å². The second-order valence-corrected chi connectivity index (χ2v) is 10.2. The Morgan fingerprint density at radius 3 is 2.14 bits per heavy atom. The summed E-state index contributed by atoms with van der Waals surface area (Å²) < 4.78 is 0. The quantitative estimate of drug-likeness (QED) is 0.749. The number of nitrogens with one attached hydrogen (secondary N) is 1. The van der Waals surface area contributed by atoms with Crippen molar-refractivity contribution in [2.45, 2.75) is 77.9 Å². The first-order valence-corrected chi connectivity index (χ1v) is 11.3. The standard InChI is InChI=1S/C24H34N4/c1-16(2)28-26-22(23(27-28)21-7-5-4-6-8-21)15-25-17(3)24-12-18-9-19(13-24)11-20(10-18)14-24/h4-8,16-20,25H,9-15H2,1-3H3/t17-,18?,19?,20?,24?/m1/s1. The lowest BCUT2D eigenvalue weighted by Gasteiger charge is -2.59. The van der Waals surface area contributed by atoms with E-state index in [2.05, 4.69) is 56.4 Å². The molecule has 2 aromatic rings. The van der Waals surface area contributed by atoms with Gasteiger partial charge >= 0.3 is 0 Å². The predicted octanol–water partition coefficient (Wildman–Crippen LogP) is 5.22. The molecule has 1 heterocycles. The number of benzene rings is 1. The smallest absolute Gasteiger partial charge is 0.117 e. The van der Waals surface area contributed by atoms with Gasteiger partial charge in [0.25, 0.3) is 0 Å². The van der Waals surface area contributed by atoms with Crippen LogP contribution < -0.4 is 5.32 Å². The van der Waals surface area contributed by atoms with Crippen molar-refractivity contribution in [3.63, 3.8) is 0 Å². The number of hydrogen-bond donors (Lipinski definition) is 1. The highest BCUT2D eigenvalue weighted by Crippen LogP contribution is 2.61. The Morgan fingerprint density at radius 2 is 1.57 bits per heavy atom. The first-order valence-electron chi connectivity index (χ1n) is 11.3.